The van der Waals surface area contributed by atoms with Crippen molar-refractivity contribution < 1.29 is 24.2 Å². The number of carbonyl (C=O) groups is 3. The van der Waals surface area contributed by atoms with Gasteiger partial charge in [0.05, 0.1) is 6.54 Å². The highest BCUT2D eigenvalue weighted by atomic mass is 16.5. The molecule has 33 heavy (non-hydrogen) atoms. The van der Waals surface area contributed by atoms with Crippen LogP contribution in [0, 0.1) is 12.3 Å². The summed E-state index contributed by atoms with van der Waals surface area (Å²) in [6.45, 7) is 3.76. The van der Waals surface area contributed by atoms with Crippen LogP contribution in [0.25, 0.3) is 11.1 Å². The maximum atomic E-state index is 13.0. The van der Waals surface area contributed by atoms with Gasteiger partial charge in [-0.25, -0.2) is 4.79 Å². The topological polar surface area (TPSA) is 95.9 Å². The molecule has 7 heteroatoms. The van der Waals surface area contributed by atoms with E-state index in [1.807, 2.05) is 48.5 Å². The van der Waals surface area contributed by atoms with Crippen LogP contribution in [0.3, 0.4) is 0 Å². The number of terminal acetylenes is 1. The van der Waals surface area contributed by atoms with E-state index in [-0.39, 0.29) is 38.0 Å². The number of nitrogens with one attached hydrogen (secondary N) is 1. The number of hydrogen-bond acceptors (Lipinski definition) is 4. The molecule has 0 spiro atoms. The van der Waals surface area contributed by atoms with E-state index in [0.29, 0.717) is 0 Å². The van der Waals surface area contributed by atoms with Crippen LogP contribution in [-0.2, 0) is 14.3 Å². The minimum absolute atomic E-state index is 0.0619. The van der Waals surface area contributed by atoms with Gasteiger partial charge in [-0.1, -0.05) is 54.5 Å². The molecular formula is C26H28N2O5. The third-order valence-corrected chi connectivity index (χ3v) is 5.75. The second kappa shape index (κ2) is 10.7. The summed E-state index contributed by atoms with van der Waals surface area (Å²) in [5.41, 5.74) is 4.37. The number of rotatable bonds is 9. The molecular weight excluding hydrogens is 420 g/mol. The van der Waals surface area contributed by atoms with Crippen molar-refractivity contribution in [3.8, 4) is 23.5 Å². The van der Waals surface area contributed by atoms with Crippen LogP contribution in [0.1, 0.15) is 43.7 Å². The number of carboxylic acid groups (broad SMARTS) is 1. The molecule has 0 aliphatic heterocycles. The fraction of sp³-hybridized carbons (Fsp3) is 0.346. The monoisotopic (exact) mass is 448 g/mol. The molecule has 0 saturated carbocycles. The summed E-state index contributed by atoms with van der Waals surface area (Å²) in [5.74, 6) is 0.816. The lowest BCUT2D eigenvalue weighted by molar-refractivity contribution is -0.138. The SMILES string of the molecule is C#CCN(C(=O)C(CCC(=O)O)NC(=O)OCC1c2ccccc2-c2ccccc21)C(C)C. The quantitative estimate of drug-likeness (QED) is 0.571. The number of aliphatic carboxylic acids is 1. The molecule has 0 bridgehead atoms. The molecule has 0 radical (unpaired) electrons. The van der Waals surface area contributed by atoms with Crippen LogP contribution in [0.4, 0.5) is 4.79 Å². The molecule has 1 aliphatic carbocycles. The van der Waals surface area contributed by atoms with Crippen molar-refractivity contribution in [3.63, 3.8) is 0 Å². The Labute approximate surface area is 193 Å². The average molecular weight is 449 g/mol. The number of amides is 2. The lowest BCUT2D eigenvalue weighted by Crippen LogP contribution is -2.51. The molecule has 2 aromatic carbocycles. The molecule has 7 nitrogen and oxygen atoms in total. The fourth-order valence-electron chi connectivity index (χ4n) is 4.12. The molecule has 1 atom stereocenters. The predicted molar refractivity (Wildman–Crippen MR) is 125 cm³/mol. The summed E-state index contributed by atoms with van der Waals surface area (Å²) >= 11 is 0. The molecule has 1 aliphatic rings. The van der Waals surface area contributed by atoms with Gasteiger partial charge in [0.1, 0.15) is 12.6 Å². The summed E-state index contributed by atoms with van der Waals surface area (Å²) in [4.78, 5) is 38.1. The standard InChI is InChI=1S/C26H28N2O5/c1-4-15-28(17(2)3)25(31)23(13-14-24(29)30)27-26(32)33-16-22-20-11-7-5-9-18(20)19-10-6-8-12-21(19)22/h1,5-12,17,22-23H,13-16H2,2-3H3,(H,27,32)(H,29,30). The maximum Gasteiger partial charge on any atom is 0.407 e. The minimum atomic E-state index is -1.06. The largest absolute Gasteiger partial charge is 0.481 e. The number of hydrogen-bond donors (Lipinski definition) is 2. The first-order chi connectivity index (χ1) is 15.8. The molecule has 0 fully saturated rings. The Kier molecular flexibility index (Phi) is 7.73. The third kappa shape index (κ3) is 5.53. The second-order valence-electron chi connectivity index (χ2n) is 8.22. The molecule has 2 aromatic rings. The van der Waals surface area contributed by atoms with Crippen LogP contribution in [0.2, 0.25) is 0 Å². The zero-order valence-electron chi connectivity index (χ0n) is 18.8. The average Bonchev–Trinajstić information content (AvgIpc) is 3.12. The predicted octanol–water partition coefficient (Wildman–Crippen LogP) is 3.63. The van der Waals surface area contributed by atoms with E-state index in [1.54, 1.807) is 13.8 Å². The Balaban J connectivity index is 1.71. The lowest BCUT2D eigenvalue weighted by atomic mass is 9.98. The molecule has 172 valence electrons. The molecule has 0 aromatic heterocycles. The van der Waals surface area contributed by atoms with Crippen LogP contribution in [-0.4, -0.2) is 53.2 Å². The lowest BCUT2D eigenvalue weighted by Gasteiger charge is -2.29. The van der Waals surface area contributed by atoms with Crippen molar-refractivity contribution in [1.82, 2.24) is 10.2 Å². The van der Waals surface area contributed by atoms with E-state index in [9.17, 15) is 14.4 Å². The van der Waals surface area contributed by atoms with Crippen molar-refractivity contribution in [2.75, 3.05) is 13.2 Å². The Hall–Kier alpha value is -3.79. The number of nitrogens with zero attached hydrogens (tertiary/aromatic N) is 1. The zero-order chi connectivity index (χ0) is 24.0. The van der Waals surface area contributed by atoms with Crippen LogP contribution >= 0.6 is 0 Å². The van der Waals surface area contributed by atoms with E-state index >= 15 is 0 Å². The van der Waals surface area contributed by atoms with Gasteiger partial charge in [0.2, 0.25) is 5.91 Å². The molecule has 0 heterocycles. The summed E-state index contributed by atoms with van der Waals surface area (Å²) in [5, 5.41) is 11.6. The van der Waals surface area contributed by atoms with Gasteiger partial charge in [0.15, 0.2) is 0 Å². The van der Waals surface area contributed by atoms with Gasteiger partial charge < -0.3 is 20.1 Å². The van der Waals surface area contributed by atoms with Gasteiger partial charge in [0.25, 0.3) is 0 Å². The minimum Gasteiger partial charge on any atom is -0.481 e. The van der Waals surface area contributed by atoms with Gasteiger partial charge in [-0.05, 0) is 42.5 Å². The first-order valence-electron chi connectivity index (χ1n) is 10.9. The van der Waals surface area contributed by atoms with Crippen LogP contribution < -0.4 is 5.32 Å². The fourth-order valence-corrected chi connectivity index (χ4v) is 4.12. The Morgan fingerprint density at radius 1 is 1.09 bits per heavy atom. The highest BCUT2D eigenvalue weighted by Gasteiger charge is 2.31. The van der Waals surface area contributed by atoms with E-state index in [1.165, 1.54) is 4.90 Å². The first kappa shape index (κ1) is 23.9. The number of carbonyl (C=O) groups excluding carboxylic acids is 2. The third-order valence-electron chi connectivity index (χ3n) is 5.75. The van der Waals surface area contributed by atoms with E-state index in [4.69, 9.17) is 16.3 Å². The highest BCUT2D eigenvalue weighted by Crippen LogP contribution is 2.44. The van der Waals surface area contributed by atoms with Crippen molar-refractivity contribution >= 4 is 18.0 Å². The number of alkyl carbamates (subject to hydrolysis) is 1. The molecule has 1 unspecified atom stereocenters. The van der Waals surface area contributed by atoms with Gasteiger partial charge in [0, 0.05) is 18.4 Å². The number of fused-ring (bicyclic) bond motifs is 3. The second-order valence-corrected chi connectivity index (χ2v) is 8.22. The molecule has 3 rings (SSSR count). The molecule has 2 amide bonds. The first-order valence-corrected chi connectivity index (χ1v) is 10.9. The smallest absolute Gasteiger partial charge is 0.407 e. The van der Waals surface area contributed by atoms with E-state index in [2.05, 4.69) is 11.2 Å². The zero-order valence-corrected chi connectivity index (χ0v) is 18.8. The number of carboxylic acids is 1. The van der Waals surface area contributed by atoms with E-state index < -0.39 is 24.0 Å². The summed E-state index contributed by atoms with van der Waals surface area (Å²) in [6, 6.07) is 14.7. The van der Waals surface area contributed by atoms with Crippen LogP contribution in [0.5, 0.6) is 0 Å². The molecule has 0 saturated heterocycles. The number of benzene rings is 2. The van der Waals surface area contributed by atoms with E-state index in [0.717, 1.165) is 22.3 Å². The summed E-state index contributed by atoms with van der Waals surface area (Å²) in [6.07, 6.45) is 4.26. The van der Waals surface area contributed by atoms with Crippen molar-refractivity contribution in [2.45, 2.75) is 44.7 Å². The summed E-state index contributed by atoms with van der Waals surface area (Å²) < 4.78 is 5.52. The van der Waals surface area contributed by atoms with Crippen LogP contribution in [0.15, 0.2) is 48.5 Å². The number of ether oxygens (including phenoxy) is 1. The van der Waals surface area contributed by atoms with Gasteiger partial charge >= 0.3 is 12.1 Å². The Bertz CT molecular complexity index is 1030. The van der Waals surface area contributed by atoms with Gasteiger partial charge in [-0.15, -0.1) is 6.42 Å². The van der Waals surface area contributed by atoms with Crippen molar-refractivity contribution in [3.05, 3.63) is 59.7 Å². The van der Waals surface area contributed by atoms with Gasteiger partial charge in [-0.3, -0.25) is 9.59 Å². The normalized spacial score (nSPS) is 12.9. The molecule has 2 N–H and O–H groups in total. The summed E-state index contributed by atoms with van der Waals surface area (Å²) in [7, 11) is 0. The highest BCUT2D eigenvalue weighted by molar-refractivity contribution is 5.86. The Morgan fingerprint density at radius 3 is 2.18 bits per heavy atom. The maximum absolute atomic E-state index is 13.0. The van der Waals surface area contributed by atoms with Crippen molar-refractivity contribution in [1.29, 1.82) is 0 Å². The van der Waals surface area contributed by atoms with Crippen molar-refractivity contribution in [2.24, 2.45) is 0 Å². The Morgan fingerprint density at radius 2 is 1.67 bits per heavy atom. The van der Waals surface area contributed by atoms with Gasteiger partial charge in [-0.2, -0.15) is 0 Å².